The van der Waals surface area contributed by atoms with Crippen molar-refractivity contribution in [2.24, 2.45) is 0 Å². The van der Waals surface area contributed by atoms with Crippen LogP contribution in [0, 0.1) is 6.92 Å². The van der Waals surface area contributed by atoms with E-state index in [1.54, 1.807) is 0 Å². The highest BCUT2D eigenvalue weighted by atomic mass is 28.4. The maximum atomic E-state index is 12.6. The first-order chi connectivity index (χ1) is 11.0. The fourth-order valence-electron chi connectivity index (χ4n) is 1.81. The van der Waals surface area contributed by atoms with Crippen molar-refractivity contribution >= 4 is 20.2 Å². The Balaban J connectivity index is 3.05. The smallest absolute Gasteiger partial charge is 0.325 e. The average Bonchev–Trinajstić information content (AvgIpc) is 2.49. The predicted octanol–water partition coefficient (Wildman–Crippen LogP) is 3.35. The van der Waals surface area contributed by atoms with Crippen LogP contribution in [-0.2, 0) is 18.8 Å². The van der Waals surface area contributed by atoms with Crippen LogP contribution < -0.4 is 5.32 Å². The van der Waals surface area contributed by atoms with Crippen molar-refractivity contribution in [2.45, 2.75) is 51.9 Å². The Hall–Kier alpha value is -1.66. The van der Waals surface area contributed by atoms with Crippen LogP contribution in [0.5, 0.6) is 0 Å². The summed E-state index contributed by atoms with van der Waals surface area (Å²) < 4.78 is 10.9. The molecule has 0 aliphatic heterocycles. The third-order valence-corrected chi connectivity index (χ3v) is 8.91. The second-order valence-corrected chi connectivity index (χ2v) is 12.2. The summed E-state index contributed by atoms with van der Waals surface area (Å²) >= 11 is 0. The number of carbonyl (C=O) groups excluding carboxylic acids is 2. The van der Waals surface area contributed by atoms with Crippen molar-refractivity contribution in [3.05, 3.63) is 35.4 Å². The lowest BCUT2D eigenvalue weighted by Gasteiger charge is -2.38. The zero-order valence-electron chi connectivity index (χ0n) is 15.7. The van der Waals surface area contributed by atoms with E-state index in [4.69, 9.17) is 4.43 Å². The molecular formula is C18H29NO4Si. The molecule has 1 N–H and O–H groups in total. The molecule has 0 spiro atoms. The van der Waals surface area contributed by atoms with Crippen LogP contribution in [0.1, 0.15) is 38.0 Å². The standard InChI is InChI=1S/C18H29NO4Si/c1-13-8-10-14(11-9-13)16(17(21)19-12-15(20)22-5)23-24(6,7)18(2,3)4/h8-11,16H,12H2,1-7H3,(H,19,21). The molecule has 0 fully saturated rings. The van der Waals surface area contributed by atoms with Crippen LogP contribution in [0.3, 0.4) is 0 Å². The van der Waals surface area contributed by atoms with Gasteiger partial charge in [-0.25, -0.2) is 0 Å². The van der Waals surface area contributed by atoms with Crippen LogP contribution in [-0.4, -0.2) is 33.8 Å². The number of rotatable bonds is 6. The Kier molecular flexibility index (Phi) is 6.74. The molecule has 24 heavy (non-hydrogen) atoms. The maximum absolute atomic E-state index is 12.6. The molecule has 0 radical (unpaired) electrons. The van der Waals surface area contributed by atoms with E-state index >= 15 is 0 Å². The molecule has 1 atom stereocenters. The minimum Gasteiger partial charge on any atom is -0.468 e. The van der Waals surface area contributed by atoms with Gasteiger partial charge < -0.3 is 14.5 Å². The highest BCUT2D eigenvalue weighted by Crippen LogP contribution is 2.39. The Morgan fingerprint density at radius 3 is 2.17 bits per heavy atom. The SMILES string of the molecule is COC(=O)CNC(=O)C(O[Si](C)(C)C(C)(C)C)c1ccc(C)cc1. The van der Waals surface area contributed by atoms with E-state index in [2.05, 4.69) is 43.9 Å². The number of nitrogens with one attached hydrogen (secondary N) is 1. The van der Waals surface area contributed by atoms with Crippen molar-refractivity contribution in [2.75, 3.05) is 13.7 Å². The normalized spacial score (nSPS) is 13.3. The third-order valence-electron chi connectivity index (χ3n) is 4.47. The van der Waals surface area contributed by atoms with Gasteiger partial charge in [-0.05, 0) is 30.6 Å². The largest absolute Gasteiger partial charge is 0.468 e. The molecule has 1 rings (SSSR count). The number of benzene rings is 1. The summed E-state index contributed by atoms with van der Waals surface area (Å²) in [7, 11) is -0.879. The van der Waals surface area contributed by atoms with E-state index in [0.29, 0.717) is 0 Å². The second-order valence-electron chi connectivity index (χ2n) is 7.46. The van der Waals surface area contributed by atoms with E-state index in [-0.39, 0.29) is 17.5 Å². The van der Waals surface area contributed by atoms with Gasteiger partial charge in [0.05, 0.1) is 7.11 Å². The molecule has 0 bridgehead atoms. The van der Waals surface area contributed by atoms with Crippen LogP contribution in [0.15, 0.2) is 24.3 Å². The van der Waals surface area contributed by atoms with E-state index in [1.165, 1.54) is 7.11 Å². The van der Waals surface area contributed by atoms with Crippen molar-refractivity contribution in [3.8, 4) is 0 Å². The summed E-state index contributed by atoms with van der Waals surface area (Å²) in [5, 5.41) is 2.58. The molecule has 1 aromatic carbocycles. The average molecular weight is 352 g/mol. The summed E-state index contributed by atoms with van der Waals surface area (Å²) in [6, 6.07) is 7.69. The first-order valence-corrected chi connectivity index (χ1v) is 11.0. The summed E-state index contributed by atoms with van der Waals surface area (Å²) in [5.41, 5.74) is 1.90. The molecule has 1 unspecified atom stereocenters. The molecule has 0 aliphatic rings. The summed E-state index contributed by atoms with van der Waals surface area (Å²) in [6.07, 6.45) is -0.740. The lowest BCUT2D eigenvalue weighted by Crippen LogP contribution is -2.45. The highest BCUT2D eigenvalue weighted by Gasteiger charge is 2.41. The van der Waals surface area contributed by atoms with Gasteiger partial charge in [0.15, 0.2) is 8.32 Å². The highest BCUT2D eigenvalue weighted by molar-refractivity contribution is 6.74. The summed E-state index contributed by atoms with van der Waals surface area (Å²) in [4.78, 5) is 23.9. The Morgan fingerprint density at radius 2 is 1.71 bits per heavy atom. The molecule has 134 valence electrons. The molecule has 1 amide bonds. The number of hydrogen-bond donors (Lipinski definition) is 1. The van der Waals surface area contributed by atoms with E-state index in [1.807, 2.05) is 31.2 Å². The Bertz CT molecular complexity index is 576. The first kappa shape index (κ1) is 20.4. The minimum atomic E-state index is -2.17. The van der Waals surface area contributed by atoms with E-state index in [0.717, 1.165) is 11.1 Å². The number of ether oxygens (including phenoxy) is 1. The van der Waals surface area contributed by atoms with Gasteiger partial charge in [0.25, 0.3) is 5.91 Å². The lowest BCUT2D eigenvalue weighted by molar-refractivity contribution is -0.142. The monoisotopic (exact) mass is 351 g/mol. The molecule has 0 aliphatic carbocycles. The zero-order valence-corrected chi connectivity index (χ0v) is 16.7. The number of carbonyl (C=O) groups is 2. The first-order valence-electron chi connectivity index (χ1n) is 8.07. The van der Waals surface area contributed by atoms with Crippen LogP contribution >= 0.6 is 0 Å². The van der Waals surface area contributed by atoms with Gasteiger partial charge in [-0.15, -0.1) is 0 Å². The molecule has 0 saturated carbocycles. The molecule has 0 saturated heterocycles. The number of hydrogen-bond acceptors (Lipinski definition) is 4. The molecular weight excluding hydrogens is 322 g/mol. The topological polar surface area (TPSA) is 64.6 Å². The fourth-order valence-corrected chi connectivity index (χ4v) is 3.00. The van der Waals surface area contributed by atoms with Crippen LogP contribution in [0.25, 0.3) is 0 Å². The van der Waals surface area contributed by atoms with Gasteiger partial charge in [-0.1, -0.05) is 50.6 Å². The quantitative estimate of drug-likeness (QED) is 0.630. The second kappa shape index (κ2) is 7.94. The Labute approximate surface area is 145 Å². The minimum absolute atomic E-state index is 0.0292. The van der Waals surface area contributed by atoms with Gasteiger partial charge >= 0.3 is 5.97 Å². The number of amides is 1. The zero-order chi connectivity index (χ0) is 18.5. The summed E-state index contributed by atoms with van der Waals surface area (Å²) in [6.45, 7) is 12.4. The predicted molar refractivity (Wildman–Crippen MR) is 97.2 cm³/mol. The lowest BCUT2D eigenvalue weighted by atomic mass is 10.1. The molecule has 5 nitrogen and oxygen atoms in total. The number of esters is 1. The third kappa shape index (κ3) is 5.45. The van der Waals surface area contributed by atoms with Gasteiger partial charge in [0, 0.05) is 0 Å². The Morgan fingerprint density at radius 1 is 1.17 bits per heavy atom. The molecule has 1 aromatic rings. The summed E-state index contributed by atoms with van der Waals surface area (Å²) in [5.74, 6) is -0.813. The van der Waals surface area contributed by atoms with E-state index < -0.39 is 20.4 Å². The fraction of sp³-hybridized carbons (Fsp3) is 0.556. The van der Waals surface area contributed by atoms with E-state index in [9.17, 15) is 9.59 Å². The molecule has 0 aromatic heterocycles. The molecule has 0 heterocycles. The van der Waals surface area contributed by atoms with Crippen molar-refractivity contribution in [3.63, 3.8) is 0 Å². The van der Waals surface area contributed by atoms with Crippen molar-refractivity contribution in [1.29, 1.82) is 0 Å². The van der Waals surface area contributed by atoms with Gasteiger partial charge in [0.2, 0.25) is 0 Å². The molecule has 6 heteroatoms. The van der Waals surface area contributed by atoms with Gasteiger partial charge in [0.1, 0.15) is 12.6 Å². The van der Waals surface area contributed by atoms with Gasteiger partial charge in [-0.2, -0.15) is 0 Å². The number of methoxy groups -OCH3 is 1. The maximum Gasteiger partial charge on any atom is 0.325 e. The van der Waals surface area contributed by atoms with Crippen molar-refractivity contribution < 1.29 is 18.8 Å². The number of aryl methyl sites for hydroxylation is 1. The van der Waals surface area contributed by atoms with Gasteiger partial charge in [-0.3, -0.25) is 9.59 Å². The van der Waals surface area contributed by atoms with Crippen molar-refractivity contribution in [1.82, 2.24) is 5.32 Å². The van der Waals surface area contributed by atoms with Crippen LogP contribution in [0.2, 0.25) is 18.1 Å². The van der Waals surface area contributed by atoms with Crippen LogP contribution in [0.4, 0.5) is 0 Å².